The van der Waals surface area contributed by atoms with Crippen LogP contribution in [0.3, 0.4) is 0 Å². The molecule has 0 heterocycles. The summed E-state index contributed by atoms with van der Waals surface area (Å²) >= 11 is 0. The molecule has 6 heteroatoms. The average molecular weight is 195 g/mol. The van der Waals surface area contributed by atoms with E-state index in [1.807, 2.05) is 0 Å². The lowest BCUT2D eigenvalue weighted by molar-refractivity contribution is -0.419. The van der Waals surface area contributed by atoms with Crippen LogP contribution in [0, 0.1) is 0 Å². The van der Waals surface area contributed by atoms with Crippen molar-refractivity contribution in [1.82, 2.24) is 5.23 Å². The summed E-state index contributed by atoms with van der Waals surface area (Å²) in [7, 11) is 1.50. The van der Waals surface area contributed by atoms with Gasteiger partial charge in [-0.3, -0.25) is 9.68 Å². The lowest BCUT2D eigenvalue weighted by atomic mass is 10.7. The molecule has 0 saturated carbocycles. The molecule has 1 unspecified atom stereocenters. The first-order chi connectivity index (χ1) is 6.26. The van der Waals surface area contributed by atoms with Gasteiger partial charge in [-0.05, 0) is 12.2 Å². The highest BCUT2D eigenvalue weighted by Gasteiger charge is 2.14. The number of rotatable bonds is 8. The molecule has 2 N–H and O–H groups in total. The fourth-order valence-electron chi connectivity index (χ4n) is 0.595. The molecule has 13 heavy (non-hydrogen) atoms. The van der Waals surface area contributed by atoms with Crippen LogP contribution in [-0.4, -0.2) is 55.2 Å². The summed E-state index contributed by atoms with van der Waals surface area (Å²) in [4.78, 5) is 9.94. The molecule has 0 spiro atoms. The molecule has 0 saturated heterocycles. The number of ether oxygens (including phenoxy) is 1. The van der Waals surface area contributed by atoms with E-state index in [1.165, 1.54) is 7.11 Å². The largest absolute Gasteiger partial charge is 0.394 e. The summed E-state index contributed by atoms with van der Waals surface area (Å²) in [6.45, 7) is 1.76. The summed E-state index contributed by atoms with van der Waals surface area (Å²) in [6.07, 6.45) is -0.391. The Bertz CT molecular complexity index is 105. The van der Waals surface area contributed by atoms with Gasteiger partial charge < -0.3 is 14.9 Å². The highest BCUT2D eigenvalue weighted by atomic mass is 17.0. The second kappa shape index (κ2) is 8.36. The number of hydrogen-bond donors (Lipinski definition) is 2. The van der Waals surface area contributed by atoms with Crippen molar-refractivity contribution in [2.45, 2.75) is 13.2 Å². The van der Waals surface area contributed by atoms with E-state index < -0.39 is 6.23 Å². The summed E-state index contributed by atoms with van der Waals surface area (Å²) in [5.74, 6) is 0. The normalized spacial score (nSPS) is 13.6. The third-order valence-corrected chi connectivity index (χ3v) is 1.26. The van der Waals surface area contributed by atoms with E-state index in [1.54, 1.807) is 6.92 Å². The average Bonchev–Trinajstić information content (AvgIpc) is 2.17. The fourth-order valence-corrected chi connectivity index (χ4v) is 0.595. The minimum atomic E-state index is -0.391. The molecule has 6 nitrogen and oxygen atoms in total. The Kier molecular flexibility index (Phi) is 8.21. The topological polar surface area (TPSA) is 71.4 Å². The molecule has 0 aromatic heterocycles. The summed E-state index contributed by atoms with van der Waals surface area (Å²) in [6, 6.07) is 0. The first kappa shape index (κ1) is 12.8. The molecule has 0 bridgehead atoms. The molecular formula is C7H17NO5. The van der Waals surface area contributed by atoms with E-state index in [-0.39, 0.29) is 26.4 Å². The van der Waals surface area contributed by atoms with Crippen LogP contribution in [0.1, 0.15) is 6.92 Å². The van der Waals surface area contributed by atoms with E-state index in [0.717, 1.165) is 5.23 Å². The van der Waals surface area contributed by atoms with Gasteiger partial charge in [0.1, 0.15) is 0 Å². The zero-order chi connectivity index (χ0) is 10.1. The summed E-state index contributed by atoms with van der Waals surface area (Å²) in [5, 5.41) is 18.1. The predicted molar refractivity (Wildman–Crippen MR) is 44.4 cm³/mol. The first-order valence-electron chi connectivity index (χ1n) is 4.05. The molecule has 80 valence electrons. The molecular weight excluding hydrogens is 178 g/mol. The van der Waals surface area contributed by atoms with Crippen molar-refractivity contribution in [2.24, 2.45) is 0 Å². The minimum absolute atomic E-state index is 0.102. The van der Waals surface area contributed by atoms with Gasteiger partial charge in [0.2, 0.25) is 0 Å². The van der Waals surface area contributed by atoms with Gasteiger partial charge in [0.15, 0.2) is 6.23 Å². The molecule has 0 rings (SSSR count). The van der Waals surface area contributed by atoms with Gasteiger partial charge in [-0.15, -0.1) is 0 Å². The van der Waals surface area contributed by atoms with Crippen LogP contribution in [0.2, 0.25) is 0 Å². The number of aliphatic hydroxyl groups excluding tert-OH is 2. The van der Waals surface area contributed by atoms with Crippen molar-refractivity contribution in [3.63, 3.8) is 0 Å². The van der Waals surface area contributed by atoms with Crippen molar-refractivity contribution >= 4 is 0 Å². The smallest absolute Gasteiger partial charge is 0.157 e. The van der Waals surface area contributed by atoms with E-state index in [2.05, 4.69) is 0 Å². The van der Waals surface area contributed by atoms with Crippen molar-refractivity contribution < 1.29 is 24.6 Å². The van der Waals surface area contributed by atoms with Gasteiger partial charge in [0.25, 0.3) is 0 Å². The zero-order valence-corrected chi connectivity index (χ0v) is 7.97. The van der Waals surface area contributed by atoms with E-state index in [9.17, 15) is 0 Å². The van der Waals surface area contributed by atoms with Crippen LogP contribution in [-0.2, 0) is 14.4 Å². The molecule has 1 atom stereocenters. The monoisotopic (exact) mass is 195 g/mol. The zero-order valence-electron chi connectivity index (χ0n) is 7.97. The van der Waals surface area contributed by atoms with Crippen molar-refractivity contribution in [2.75, 3.05) is 33.5 Å². The lowest BCUT2D eigenvalue weighted by Gasteiger charge is -2.24. The fraction of sp³-hybridized carbons (Fsp3) is 1.00. The summed E-state index contributed by atoms with van der Waals surface area (Å²) in [5.41, 5.74) is 0. The standard InChI is InChI=1S/C7H17NO5/c1-7(11-2)8(12-5-3-9)13-6-4-10/h7,9-10H,3-6H2,1-2H3. The number of nitrogens with zero attached hydrogens (tertiary/aromatic N) is 1. The Morgan fingerprint density at radius 2 is 1.62 bits per heavy atom. The van der Waals surface area contributed by atoms with Gasteiger partial charge >= 0.3 is 0 Å². The van der Waals surface area contributed by atoms with Gasteiger partial charge in [-0.25, -0.2) is 0 Å². The van der Waals surface area contributed by atoms with Crippen molar-refractivity contribution in [3.05, 3.63) is 0 Å². The lowest BCUT2D eigenvalue weighted by Crippen LogP contribution is -2.36. The second-order valence-electron chi connectivity index (χ2n) is 2.23. The Morgan fingerprint density at radius 1 is 1.15 bits per heavy atom. The van der Waals surface area contributed by atoms with Crippen LogP contribution >= 0.6 is 0 Å². The Labute approximate surface area is 77.5 Å². The van der Waals surface area contributed by atoms with Crippen LogP contribution in [0.25, 0.3) is 0 Å². The van der Waals surface area contributed by atoms with Crippen molar-refractivity contribution in [3.8, 4) is 0 Å². The number of hydroxylamine groups is 2. The molecule has 0 radical (unpaired) electrons. The molecule has 0 aromatic carbocycles. The summed E-state index contributed by atoms with van der Waals surface area (Å²) < 4.78 is 4.92. The van der Waals surface area contributed by atoms with Crippen LogP contribution in [0.15, 0.2) is 0 Å². The third-order valence-electron chi connectivity index (χ3n) is 1.26. The van der Waals surface area contributed by atoms with E-state index in [0.29, 0.717) is 0 Å². The Morgan fingerprint density at radius 3 is 1.92 bits per heavy atom. The third kappa shape index (κ3) is 5.92. The maximum Gasteiger partial charge on any atom is 0.157 e. The molecule has 0 aromatic rings. The van der Waals surface area contributed by atoms with Gasteiger partial charge in [0.05, 0.1) is 26.4 Å². The first-order valence-corrected chi connectivity index (χ1v) is 4.05. The maximum absolute atomic E-state index is 8.50. The van der Waals surface area contributed by atoms with E-state index in [4.69, 9.17) is 24.6 Å². The Balaban J connectivity index is 3.72. The number of aliphatic hydroxyl groups is 2. The van der Waals surface area contributed by atoms with E-state index >= 15 is 0 Å². The van der Waals surface area contributed by atoms with Crippen LogP contribution in [0.4, 0.5) is 0 Å². The maximum atomic E-state index is 8.50. The Hall–Kier alpha value is -0.240. The highest BCUT2D eigenvalue weighted by Crippen LogP contribution is 2.01. The van der Waals surface area contributed by atoms with Gasteiger partial charge in [-0.1, -0.05) is 0 Å². The van der Waals surface area contributed by atoms with Crippen LogP contribution in [0.5, 0.6) is 0 Å². The molecule has 0 fully saturated rings. The second-order valence-corrected chi connectivity index (χ2v) is 2.23. The molecule has 0 aliphatic heterocycles. The predicted octanol–water partition coefficient (Wildman–Crippen LogP) is -0.871. The molecule has 0 amide bonds. The minimum Gasteiger partial charge on any atom is -0.394 e. The molecule has 0 aliphatic rings. The highest BCUT2D eigenvalue weighted by molar-refractivity contribution is 4.34. The van der Waals surface area contributed by atoms with Gasteiger partial charge in [0, 0.05) is 7.11 Å². The van der Waals surface area contributed by atoms with Crippen LogP contribution < -0.4 is 0 Å². The number of hydrogen-bond acceptors (Lipinski definition) is 6. The molecule has 0 aliphatic carbocycles. The number of methoxy groups -OCH3 is 1. The quantitative estimate of drug-likeness (QED) is 0.387. The SMILES string of the molecule is COC(C)N(OCCO)OCCO. The van der Waals surface area contributed by atoms with Crippen molar-refractivity contribution in [1.29, 1.82) is 0 Å². The van der Waals surface area contributed by atoms with Gasteiger partial charge in [-0.2, -0.15) is 0 Å².